The van der Waals surface area contributed by atoms with Crippen LogP contribution >= 0.6 is 0 Å². The topological polar surface area (TPSA) is 104 Å². The molecule has 1 aromatic heterocycles. The van der Waals surface area contributed by atoms with Crippen LogP contribution in [0.1, 0.15) is 32.7 Å². The van der Waals surface area contributed by atoms with E-state index in [9.17, 15) is 14.7 Å². The number of hydrogen-bond acceptors (Lipinski definition) is 5. The first-order valence-electron chi connectivity index (χ1n) is 10.1. The number of benzene rings is 3. The Kier molecular flexibility index (Phi) is 5.55. The summed E-state index contributed by atoms with van der Waals surface area (Å²) < 4.78 is 0. The summed E-state index contributed by atoms with van der Waals surface area (Å²) in [6, 6.07) is 15.8. The highest BCUT2D eigenvalue weighted by atomic mass is 16.3. The molecular weight excluding hydrogens is 404 g/mol. The van der Waals surface area contributed by atoms with Crippen LogP contribution in [-0.4, -0.2) is 26.9 Å². The van der Waals surface area contributed by atoms with E-state index in [1.54, 1.807) is 24.3 Å². The molecule has 0 aliphatic rings. The number of amides is 2. The molecule has 32 heavy (non-hydrogen) atoms. The number of aromatic nitrogens is 2. The fourth-order valence-corrected chi connectivity index (χ4v) is 3.47. The lowest BCUT2D eigenvalue weighted by Gasteiger charge is -2.10. The normalized spacial score (nSPS) is 10.7. The summed E-state index contributed by atoms with van der Waals surface area (Å²) in [6.45, 7) is 5.19. The van der Waals surface area contributed by atoms with Crippen molar-refractivity contribution in [1.82, 2.24) is 9.97 Å². The number of anilines is 2. The maximum Gasteiger partial charge on any atom is 0.324 e. The van der Waals surface area contributed by atoms with E-state index in [1.165, 1.54) is 13.1 Å². The number of aromatic hydroxyl groups is 1. The second-order valence-corrected chi connectivity index (χ2v) is 7.63. The van der Waals surface area contributed by atoms with Gasteiger partial charge in [-0.1, -0.05) is 18.2 Å². The Morgan fingerprint density at radius 1 is 0.906 bits per heavy atom. The summed E-state index contributed by atoms with van der Waals surface area (Å²) in [4.78, 5) is 32.8. The van der Waals surface area contributed by atoms with Crippen molar-refractivity contribution >= 4 is 34.4 Å². The molecule has 7 heteroatoms. The van der Waals surface area contributed by atoms with Crippen molar-refractivity contribution in [3.05, 3.63) is 77.5 Å². The van der Waals surface area contributed by atoms with E-state index in [0.717, 1.165) is 22.3 Å². The molecular formula is C25H28N4O3. The lowest BCUT2D eigenvalue weighted by Crippen LogP contribution is -2.20. The first-order valence-corrected chi connectivity index (χ1v) is 10.1. The summed E-state index contributed by atoms with van der Waals surface area (Å²) in [7, 11) is 0. The quantitative estimate of drug-likeness (QED) is 0.333. The molecule has 4 rings (SSSR count). The van der Waals surface area contributed by atoms with Crippen molar-refractivity contribution in [2.24, 2.45) is 0 Å². The number of nitrogens with one attached hydrogen (secondary N) is 2. The van der Waals surface area contributed by atoms with Crippen molar-refractivity contribution in [2.75, 3.05) is 10.6 Å². The number of hydrogen-bond donors (Lipinski definition) is 3. The SMILES string of the molecule is CC(=O)c1cccc(NC(=O)Nc2cnc3ccc(-c4cc(C)c(O)c(C)c4)cc3n2)c1.[HH].[HH].[HH]. The molecule has 0 saturated carbocycles. The summed E-state index contributed by atoms with van der Waals surface area (Å²) in [5.74, 6) is 0.512. The third-order valence-corrected chi connectivity index (χ3v) is 5.14. The highest BCUT2D eigenvalue weighted by Gasteiger charge is 2.10. The second-order valence-electron chi connectivity index (χ2n) is 7.63. The predicted octanol–water partition coefficient (Wildman–Crippen LogP) is 6.20. The average molecular weight is 433 g/mol. The summed E-state index contributed by atoms with van der Waals surface area (Å²) in [6.07, 6.45) is 1.49. The molecule has 0 aliphatic heterocycles. The summed E-state index contributed by atoms with van der Waals surface area (Å²) in [5.41, 5.74) is 5.83. The third-order valence-electron chi connectivity index (χ3n) is 5.14. The van der Waals surface area contributed by atoms with Gasteiger partial charge in [0.05, 0.1) is 17.2 Å². The van der Waals surface area contributed by atoms with Gasteiger partial charge >= 0.3 is 6.03 Å². The van der Waals surface area contributed by atoms with Gasteiger partial charge in [0, 0.05) is 15.5 Å². The molecule has 3 aromatic carbocycles. The molecule has 0 aliphatic carbocycles. The molecule has 7 nitrogen and oxygen atoms in total. The molecule has 0 unspecified atom stereocenters. The van der Waals surface area contributed by atoms with Crippen LogP contribution in [0.3, 0.4) is 0 Å². The zero-order chi connectivity index (χ0) is 22.8. The Labute approximate surface area is 189 Å². The molecule has 3 N–H and O–H groups in total. The molecule has 0 spiro atoms. The number of aryl methyl sites for hydroxylation is 2. The number of urea groups is 1. The van der Waals surface area contributed by atoms with Gasteiger partial charge in [-0.2, -0.15) is 0 Å². The Balaban J connectivity index is 0.00000204. The van der Waals surface area contributed by atoms with Gasteiger partial charge in [-0.15, -0.1) is 0 Å². The Hall–Kier alpha value is -4.26. The predicted molar refractivity (Wildman–Crippen MR) is 132 cm³/mol. The number of phenolic OH excluding ortho intramolecular Hbond substituents is 1. The van der Waals surface area contributed by atoms with Crippen LogP contribution < -0.4 is 10.6 Å². The summed E-state index contributed by atoms with van der Waals surface area (Å²) in [5, 5.41) is 15.4. The number of carbonyl (C=O) groups is 2. The van der Waals surface area contributed by atoms with Crippen LogP contribution in [-0.2, 0) is 0 Å². The minimum absolute atomic E-state index is 0. The molecule has 0 radical (unpaired) electrons. The van der Waals surface area contributed by atoms with E-state index >= 15 is 0 Å². The molecule has 0 bridgehead atoms. The van der Waals surface area contributed by atoms with E-state index in [1.807, 2.05) is 44.2 Å². The van der Waals surface area contributed by atoms with Gasteiger partial charge in [0.25, 0.3) is 0 Å². The average Bonchev–Trinajstić information content (AvgIpc) is 2.76. The monoisotopic (exact) mass is 432 g/mol. The van der Waals surface area contributed by atoms with Crippen LogP contribution in [0, 0.1) is 13.8 Å². The molecule has 1 heterocycles. The first kappa shape index (κ1) is 21.0. The number of carbonyl (C=O) groups excluding carboxylic acids is 2. The van der Waals surface area contributed by atoms with Crippen LogP contribution in [0.15, 0.2) is 60.8 Å². The van der Waals surface area contributed by atoms with Gasteiger partial charge in [0.15, 0.2) is 11.6 Å². The standard InChI is InChI=1S/C25H22N4O3.3H2/c1-14-9-19(10-15(2)24(14)31)18-7-8-21-22(12-18)28-23(13-26-21)29-25(32)27-20-6-4-5-17(11-20)16(3)30;;;/h4-13,31H,1-3H3,(H2,27,28,29,32);3*1H. The van der Waals surface area contributed by atoms with Gasteiger partial charge in [-0.3, -0.25) is 15.1 Å². The number of phenols is 1. The lowest BCUT2D eigenvalue weighted by atomic mass is 9.99. The maximum atomic E-state index is 12.4. The second kappa shape index (κ2) is 8.47. The van der Waals surface area contributed by atoms with Crippen LogP contribution in [0.2, 0.25) is 0 Å². The number of fused-ring (bicyclic) bond motifs is 1. The molecule has 0 saturated heterocycles. The minimum Gasteiger partial charge on any atom is -0.507 e. The Bertz CT molecular complexity index is 1360. The smallest absolute Gasteiger partial charge is 0.324 e. The van der Waals surface area contributed by atoms with Crippen LogP contribution in [0.4, 0.5) is 16.3 Å². The fraction of sp³-hybridized carbons (Fsp3) is 0.120. The Morgan fingerprint density at radius 3 is 2.38 bits per heavy atom. The number of Topliss-reactive ketones (excluding diaryl/α,β-unsaturated/α-hetero) is 1. The zero-order valence-electron chi connectivity index (χ0n) is 17.9. The van der Waals surface area contributed by atoms with E-state index < -0.39 is 6.03 Å². The van der Waals surface area contributed by atoms with Gasteiger partial charge in [0.2, 0.25) is 0 Å². The highest BCUT2D eigenvalue weighted by Crippen LogP contribution is 2.30. The van der Waals surface area contributed by atoms with Gasteiger partial charge < -0.3 is 10.4 Å². The number of ketones is 1. The fourth-order valence-electron chi connectivity index (χ4n) is 3.47. The van der Waals surface area contributed by atoms with Crippen molar-refractivity contribution in [3.63, 3.8) is 0 Å². The molecule has 0 fully saturated rings. The van der Waals surface area contributed by atoms with Gasteiger partial charge in [0.1, 0.15) is 5.75 Å². The van der Waals surface area contributed by atoms with E-state index in [2.05, 4.69) is 20.6 Å². The minimum atomic E-state index is -0.486. The lowest BCUT2D eigenvalue weighted by molar-refractivity contribution is 0.101. The van der Waals surface area contributed by atoms with E-state index in [-0.39, 0.29) is 10.1 Å². The highest BCUT2D eigenvalue weighted by molar-refractivity contribution is 6.01. The Morgan fingerprint density at radius 2 is 1.66 bits per heavy atom. The summed E-state index contributed by atoms with van der Waals surface area (Å²) >= 11 is 0. The van der Waals surface area contributed by atoms with Gasteiger partial charge in [-0.25, -0.2) is 9.78 Å². The van der Waals surface area contributed by atoms with Crippen LogP contribution in [0.5, 0.6) is 5.75 Å². The molecule has 0 atom stereocenters. The molecule has 166 valence electrons. The molecule has 4 aromatic rings. The maximum absolute atomic E-state index is 12.4. The van der Waals surface area contributed by atoms with Crippen molar-refractivity contribution in [3.8, 4) is 16.9 Å². The van der Waals surface area contributed by atoms with Crippen molar-refractivity contribution in [2.45, 2.75) is 20.8 Å². The first-order chi connectivity index (χ1) is 15.3. The van der Waals surface area contributed by atoms with Crippen LogP contribution in [0.25, 0.3) is 22.2 Å². The molecule has 2 amide bonds. The number of rotatable bonds is 4. The zero-order valence-corrected chi connectivity index (χ0v) is 17.9. The number of nitrogens with zero attached hydrogens (tertiary/aromatic N) is 2. The van der Waals surface area contributed by atoms with E-state index in [0.29, 0.717) is 33.9 Å². The van der Waals surface area contributed by atoms with Crippen molar-refractivity contribution < 1.29 is 19.0 Å². The van der Waals surface area contributed by atoms with Gasteiger partial charge in [-0.05, 0) is 79.4 Å². The largest absolute Gasteiger partial charge is 0.507 e. The van der Waals surface area contributed by atoms with Crippen molar-refractivity contribution in [1.29, 1.82) is 0 Å². The third kappa shape index (κ3) is 4.41. The van der Waals surface area contributed by atoms with E-state index in [4.69, 9.17) is 0 Å².